The third-order valence-corrected chi connectivity index (χ3v) is 3.38. The number of hydrogen-bond acceptors (Lipinski definition) is 5. The van der Waals surface area contributed by atoms with Crippen LogP contribution in [0.1, 0.15) is 6.42 Å². The van der Waals surface area contributed by atoms with Gasteiger partial charge in [0.2, 0.25) is 11.9 Å². The van der Waals surface area contributed by atoms with Crippen LogP contribution in [0.25, 0.3) is 10.9 Å². The van der Waals surface area contributed by atoms with Crippen LogP contribution in [0.5, 0.6) is 0 Å². The van der Waals surface area contributed by atoms with E-state index < -0.39 is 5.82 Å². The Morgan fingerprint density at radius 1 is 1.42 bits per heavy atom. The number of rotatable bonds is 1. The fraction of sp³-hybridized carbons (Fsp3) is 0.250. The summed E-state index contributed by atoms with van der Waals surface area (Å²) in [6.07, 6.45) is 0.308. The summed E-state index contributed by atoms with van der Waals surface area (Å²) < 4.78 is 14.0. The number of aromatic nitrogens is 2. The van der Waals surface area contributed by atoms with Crippen LogP contribution in [-0.4, -0.2) is 27.7 Å². The minimum Gasteiger partial charge on any atom is -0.368 e. The summed E-state index contributed by atoms with van der Waals surface area (Å²) in [5.41, 5.74) is 6.01. The highest BCUT2D eigenvalue weighted by molar-refractivity contribution is 7.81. The van der Waals surface area contributed by atoms with Gasteiger partial charge in [-0.2, -0.15) is 17.6 Å². The minimum atomic E-state index is -0.470. The molecule has 1 amide bonds. The molecular formula is C12H11FN4OS. The lowest BCUT2D eigenvalue weighted by atomic mass is 10.2. The Morgan fingerprint density at radius 2 is 2.21 bits per heavy atom. The summed E-state index contributed by atoms with van der Waals surface area (Å²) >= 11 is 4.28. The molecule has 1 aromatic heterocycles. The summed E-state index contributed by atoms with van der Waals surface area (Å²) in [5.74, 6) is -0.365. The molecule has 1 aromatic carbocycles. The Balaban J connectivity index is 2.25. The number of thiol groups is 1. The van der Waals surface area contributed by atoms with Crippen LogP contribution in [0.15, 0.2) is 18.2 Å². The van der Waals surface area contributed by atoms with Gasteiger partial charge in [0.15, 0.2) is 5.82 Å². The highest BCUT2D eigenvalue weighted by Crippen LogP contribution is 2.31. The predicted molar refractivity (Wildman–Crippen MR) is 73.7 cm³/mol. The molecule has 1 fully saturated rings. The van der Waals surface area contributed by atoms with Gasteiger partial charge in [0.25, 0.3) is 0 Å². The van der Waals surface area contributed by atoms with Crippen molar-refractivity contribution in [1.29, 1.82) is 0 Å². The lowest BCUT2D eigenvalue weighted by Crippen LogP contribution is -2.26. The number of amides is 1. The number of fused-ring (bicyclic) bond motifs is 1. The van der Waals surface area contributed by atoms with Gasteiger partial charge in [0.1, 0.15) is 5.82 Å². The smallest absolute Gasteiger partial charge is 0.229 e. The van der Waals surface area contributed by atoms with Crippen molar-refractivity contribution in [2.45, 2.75) is 11.7 Å². The zero-order valence-electron chi connectivity index (χ0n) is 9.88. The number of halogens is 1. The first-order valence-corrected chi connectivity index (χ1v) is 6.28. The van der Waals surface area contributed by atoms with Gasteiger partial charge in [0, 0.05) is 18.2 Å². The first-order chi connectivity index (χ1) is 9.06. The van der Waals surface area contributed by atoms with Crippen molar-refractivity contribution in [3.63, 3.8) is 0 Å². The van der Waals surface area contributed by atoms with Crippen molar-refractivity contribution in [2.24, 2.45) is 0 Å². The largest absolute Gasteiger partial charge is 0.368 e. The van der Waals surface area contributed by atoms with Gasteiger partial charge in [-0.15, -0.1) is 0 Å². The van der Waals surface area contributed by atoms with Crippen LogP contribution in [0.3, 0.4) is 0 Å². The number of nitrogens with two attached hydrogens (primary N) is 1. The van der Waals surface area contributed by atoms with Gasteiger partial charge >= 0.3 is 0 Å². The number of benzene rings is 1. The van der Waals surface area contributed by atoms with E-state index in [0.29, 0.717) is 18.5 Å². The average molecular weight is 278 g/mol. The molecule has 98 valence electrons. The van der Waals surface area contributed by atoms with Crippen molar-refractivity contribution in [2.75, 3.05) is 17.2 Å². The van der Waals surface area contributed by atoms with Crippen LogP contribution in [0.2, 0.25) is 0 Å². The molecule has 2 N–H and O–H groups in total. The summed E-state index contributed by atoms with van der Waals surface area (Å²) in [6, 6.07) is 4.49. The number of anilines is 2. The van der Waals surface area contributed by atoms with E-state index >= 15 is 0 Å². The molecule has 7 heteroatoms. The van der Waals surface area contributed by atoms with E-state index in [-0.39, 0.29) is 28.3 Å². The second kappa shape index (κ2) is 4.34. The maximum absolute atomic E-state index is 14.0. The molecule has 0 saturated carbocycles. The van der Waals surface area contributed by atoms with E-state index in [2.05, 4.69) is 22.6 Å². The van der Waals surface area contributed by atoms with Gasteiger partial charge in [-0.1, -0.05) is 6.07 Å². The number of carbonyl (C=O) groups excluding carboxylic acids is 1. The lowest BCUT2D eigenvalue weighted by Gasteiger charge is -2.17. The Kier molecular flexibility index (Phi) is 2.78. The Bertz CT molecular complexity index is 678. The van der Waals surface area contributed by atoms with Crippen molar-refractivity contribution in [1.82, 2.24) is 9.97 Å². The van der Waals surface area contributed by atoms with Crippen molar-refractivity contribution in [3.8, 4) is 0 Å². The molecule has 1 unspecified atom stereocenters. The number of nitrogen functional groups attached to an aromatic ring is 1. The van der Waals surface area contributed by atoms with Gasteiger partial charge in [-0.3, -0.25) is 9.69 Å². The van der Waals surface area contributed by atoms with Gasteiger partial charge in [-0.25, -0.2) is 9.37 Å². The highest BCUT2D eigenvalue weighted by atomic mass is 32.1. The lowest BCUT2D eigenvalue weighted by molar-refractivity contribution is -0.117. The second-order valence-electron chi connectivity index (χ2n) is 4.40. The molecule has 2 heterocycles. The van der Waals surface area contributed by atoms with Crippen LogP contribution in [0.4, 0.5) is 16.2 Å². The Morgan fingerprint density at radius 3 is 2.89 bits per heavy atom. The van der Waals surface area contributed by atoms with Crippen LogP contribution < -0.4 is 10.6 Å². The standard InChI is InChI=1S/C12H11FN4OS/c13-7-2-1-3-8-10(7)11(16-12(14)15-8)17-5-6(19)4-9(17)18/h1-3,6,19H,4-5H2,(H2,14,15,16). The fourth-order valence-corrected chi connectivity index (χ4v) is 2.55. The van der Waals surface area contributed by atoms with Crippen LogP contribution in [-0.2, 0) is 4.79 Å². The van der Waals surface area contributed by atoms with E-state index in [4.69, 9.17) is 5.73 Å². The van der Waals surface area contributed by atoms with Crippen LogP contribution in [0, 0.1) is 5.82 Å². The normalized spacial score (nSPS) is 19.4. The zero-order chi connectivity index (χ0) is 13.6. The topological polar surface area (TPSA) is 72.1 Å². The highest BCUT2D eigenvalue weighted by Gasteiger charge is 2.31. The molecule has 3 rings (SSSR count). The van der Waals surface area contributed by atoms with Gasteiger partial charge < -0.3 is 5.73 Å². The first kappa shape index (κ1) is 12.2. The summed E-state index contributed by atoms with van der Waals surface area (Å²) in [5, 5.41) is 0.137. The third-order valence-electron chi connectivity index (χ3n) is 3.03. The molecule has 1 aliphatic heterocycles. The molecule has 1 atom stereocenters. The molecule has 1 saturated heterocycles. The monoisotopic (exact) mass is 278 g/mol. The van der Waals surface area contributed by atoms with Crippen molar-refractivity contribution in [3.05, 3.63) is 24.0 Å². The molecule has 0 spiro atoms. The maximum atomic E-state index is 14.0. The molecule has 1 aliphatic rings. The molecule has 0 bridgehead atoms. The van der Waals surface area contributed by atoms with Crippen LogP contribution >= 0.6 is 12.6 Å². The maximum Gasteiger partial charge on any atom is 0.229 e. The number of carbonyl (C=O) groups is 1. The van der Waals surface area contributed by atoms with Gasteiger partial charge in [0.05, 0.1) is 10.9 Å². The van der Waals surface area contributed by atoms with E-state index in [1.165, 1.54) is 11.0 Å². The van der Waals surface area contributed by atoms with E-state index in [1.807, 2.05) is 0 Å². The molecule has 19 heavy (non-hydrogen) atoms. The SMILES string of the molecule is Nc1nc(N2CC(S)CC2=O)c2c(F)cccc2n1. The third kappa shape index (κ3) is 1.99. The molecular weight excluding hydrogens is 267 g/mol. The van der Waals surface area contributed by atoms with Crippen molar-refractivity contribution < 1.29 is 9.18 Å². The Labute approximate surface area is 114 Å². The predicted octanol–water partition coefficient (Wildman–Crippen LogP) is 1.39. The molecule has 5 nitrogen and oxygen atoms in total. The first-order valence-electron chi connectivity index (χ1n) is 5.76. The second-order valence-corrected chi connectivity index (χ2v) is 5.13. The Hall–Kier alpha value is -1.89. The minimum absolute atomic E-state index is 0.0171. The van der Waals surface area contributed by atoms with E-state index in [9.17, 15) is 9.18 Å². The average Bonchev–Trinajstić information content (AvgIpc) is 2.67. The van der Waals surface area contributed by atoms with E-state index in [1.54, 1.807) is 12.1 Å². The van der Waals surface area contributed by atoms with E-state index in [0.717, 1.165) is 0 Å². The van der Waals surface area contributed by atoms with Crippen molar-refractivity contribution >= 4 is 41.2 Å². The molecule has 0 aliphatic carbocycles. The summed E-state index contributed by atoms with van der Waals surface area (Å²) in [4.78, 5) is 21.3. The summed E-state index contributed by atoms with van der Waals surface area (Å²) in [7, 11) is 0. The number of hydrogen-bond donors (Lipinski definition) is 2. The van der Waals surface area contributed by atoms with Gasteiger partial charge in [-0.05, 0) is 12.1 Å². The molecule has 0 radical (unpaired) electrons. The zero-order valence-corrected chi connectivity index (χ0v) is 10.8. The molecule has 2 aromatic rings. The summed E-state index contributed by atoms with van der Waals surface area (Å²) in [6.45, 7) is 0.391. The quantitative estimate of drug-likeness (QED) is 0.773. The number of nitrogens with zero attached hydrogens (tertiary/aromatic N) is 3. The fourth-order valence-electron chi connectivity index (χ4n) is 2.23.